The van der Waals surface area contributed by atoms with Gasteiger partial charge in [0.1, 0.15) is 5.75 Å². The predicted octanol–water partition coefficient (Wildman–Crippen LogP) is 3.88. The zero-order valence-corrected chi connectivity index (χ0v) is 12.7. The number of nitrogens with one attached hydrogen (secondary N) is 1. The van der Waals surface area contributed by atoms with Crippen molar-refractivity contribution in [2.24, 2.45) is 0 Å². The first-order valence-corrected chi connectivity index (χ1v) is 7.77. The summed E-state index contributed by atoms with van der Waals surface area (Å²) in [5, 5.41) is 4.11. The van der Waals surface area contributed by atoms with Crippen molar-refractivity contribution in [3.63, 3.8) is 0 Å². The van der Waals surface area contributed by atoms with Gasteiger partial charge in [-0.3, -0.25) is 0 Å². The maximum Gasteiger partial charge on any atom is 0.119 e. The minimum absolute atomic E-state index is 0.416. The Morgan fingerprint density at radius 3 is 2.39 bits per heavy atom. The SMILES string of the molecule is CCOc1ccc(C(CSC(C)CC)NC)cc1. The Balaban J connectivity index is 2.58. The molecule has 0 radical (unpaired) electrons. The van der Waals surface area contributed by atoms with Crippen molar-refractivity contribution in [1.29, 1.82) is 0 Å². The third kappa shape index (κ3) is 4.91. The summed E-state index contributed by atoms with van der Waals surface area (Å²) in [5.41, 5.74) is 1.33. The van der Waals surface area contributed by atoms with Gasteiger partial charge in [-0.25, -0.2) is 0 Å². The molecule has 0 heterocycles. The van der Waals surface area contributed by atoms with Crippen LogP contribution in [0.2, 0.25) is 0 Å². The van der Waals surface area contributed by atoms with E-state index in [4.69, 9.17) is 4.74 Å². The average Bonchev–Trinajstić information content (AvgIpc) is 2.41. The Kier molecular flexibility index (Phi) is 7.21. The van der Waals surface area contributed by atoms with Crippen LogP contribution in [0.4, 0.5) is 0 Å². The Bertz CT molecular complexity index is 326. The molecule has 102 valence electrons. The van der Waals surface area contributed by atoms with Crippen LogP contribution in [-0.2, 0) is 0 Å². The topological polar surface area (TPSA) is 21.3 Å². The molecule has 18 heavy (non-hydrogen) atoms. The minimum atomic E-state index is 0.416. The second kappa shape index (κ2) is 8.44. The molecule has 0 amide bonds. The third-order valence-electron chi connectivity index (χ3n) is 3.06. The highest BCUT2D eigenvalue weighted by atomic mass is 32.2. The standard InChI is InChI=1S/C15H25NOS/c1-5-12(3)18-11-15(16-4)13-7-9-14(10-8-13)17-6-2/h7-10,12,15-16H,5-6,11H2,1-4H3. The lowest BCUT2D eigenvalue weighted by Gasteiger charge is -2.18. The first kappa shape index (κ1) is 15.4. The number of hydrogen-bond acceptors (Lipinski definition) is 3. The van der Waals surface area contributed by atoms with Crippen LogP contribution in [0.3, 0.4) is 0 Å². The van der Waals surface area contributed by atoms with E-state index in [2.05, 4.69) is 43.4 Å². The van der Waals surface area contributed by atoms with Gasteiger partial charge in [-0.1, -0.05) is 26.0 Å². The van der Waals surface area contributed by atoms with E-state index in [1.807, 2.05) is 25.7 Å². The first-order valence-electron chi connectivity index (χ1n) is 6.72. The zero-order valence-electron chi connectivity index (χ0n) is 11.9. The van der Waals surface area contributed by atoms with Gasteiger partial charge in [0.2, 0.25) is 0 Å². The van der Waals surface area contributed by atoms with E-state index in [1.165, 1.54) is 12.0 Å². The van der Waals surface area contributed by atoms with Crippen LogP contribution in [0, 0.1) is 0 Å². The van der Waals surface area contributed by atoms with Gasteiger partial charge in [-0.05, 0) is 38.1 Å². The molecule has 3 heteroatoms. The molecule has 0 aromatic heterocycles. The van der Waals surface area contributed by atoms with Crippen LogP contribution >= 0.6 is 11.8 Å². The Morgan fingerprint density at radius 2 is 1.89 bits per heavy atom. The van der Waals surface area contributed by atoms with Gasteiger partial charge < -0.3 is 10.1 Å². The summed E-state index contributed by atoms with van der Waals surface area (Å²) in [7, 11) is 2.03. The van der Waals surface area contributed by atoms with Crippen molar-refractivity contribution < 1.29 is 4.74 Å². The molecule has 1 aromatic rings. The van der Waals surface area contributed by atoms with E-state index in [9.17, 15) is 0 Å². The van der Waals surface area contributed by atoms with Crippen molar-refractivity contribution in [2.75, 3.05) is 19.4 Å². The van der Waals surface area contributed by atoms with Gasteiger partial charge in [-0.15, -0.1) is 0 Å². The summed E-state index contributed by atoms with van der Waals surface area (Å²) >= 11 is 2.02. The van der Waals surface area contributed by atoms with E-state index in [0.29, 0.717) is 6.04 Å². The summed E-state index contributed by atoms with van der Waals surface area (Å²) in [6, 6.07) is 8.83. The molecule has 0 aliphatic carbocycles. The summed E-state index contributed by atoms with van der Waals surface area (Å²) < 4.78 is 5.46. The van der Waals surface area contributed by atoms with Gasteiger partial charge in [0.15, 0.2) is 0 Å². The van der Waals surface area contributed by atoms with E-state index in [-0.39, 0.29) is 0 Å². The van der Waals surface area contributed by atoms with Crippen molar-refractivity contribution >= 4 is 11.8 Å². The second-order valence-corrected chi connectivity index (χ2v) is 5.87. The molecule has 0 fully saturated rings. The first-order chi connectivity index (χ1) is 8.71. The van der Waals surface area contributed by atoms with Crippen molar-refractivity contribution in [3.05, 3.63) is 29.8 Å². The molecule has 2 nitrogen and oxygen atoms in total. The van der Waals surface area contributed by atoms with Crippen LogP contribution < -0.4 is 10.1 Å². The Labute approximate surface area is 116 Å². The van der Waals surface area contributed by atoms with Crippen molar-refractivity contribution in [2.45, 2.75) is 38.5 Å². The molecule has 0 saturated heterocycles. The van der Waals surface area contributed by atoms with E-state index < -0.39 is 0 Å². The molecule has 0 aliphatic heterocycles. The Hall–Kier alpha value is -0.670. The average molecular weight is 267 g/mol. The lowest BCUT2D eigenvalue weighted by Crippen LogP contribution is -2.19. The predicted molar refractivity (Wildman–Crippen MR) is 81.6 cm³/mol. The van der Waals surface area contributed by atoms with Crippen molar-refractivity contribution in [1.82, 2.24) is 5.32 Å². The molecule has 0 bridgehead atoms. The summed E-state index contributed by atoms with van der Waals surface area (Å²) in [6.07, 6.45) is 1.23. The van der Waals surface area contributed by atoms with Crippen LogP contribution in [0.1, 0.15) is 38.8 Å². The van der Waals surface area contributed by atoms with Gasteiger partial charge in [0.05, 0.1) is 6.61 Å². The van der Waals surface area contributed by atoms with Gasteiger partial charge >= 0.3 is 0 Å². The van der Waals surface area contributed by atoms with Crippen LogP contribution in [0.25, 0.3) is 0 Å². The van der Waals surface area contributed by atoms with E-state index in [0.717, 1.165) is 23.4 Å². The maximum absolute atomic E-state index is 5.46. The fourth-order valence-electron chi connectivity index (χ4n) is 1.69. The highest BCUT2D eigenvalue weighted by Crippen LogP contribution is 2.24. The van der Waals surface area contributed by atoms with Crippen LogP contribution in [-0.4, -0.2) is 24.7 Å². The van der Waals surface area contributed by atoms with Gasteiger partial charge in [0.25, 0.3) is 0 Å². The summed E-state index contributed by atoms with van der Waals surface area (Å²) in [5.74, 6) is 2.06. The number of thioether (sulfide) groups is 1. The molecular formula is C15H25NOS. The molecule has 0 aliphatic rings. The lowest BCUT2D eigenvalue weighted by molar-refractivity contribution is 0.340. The number of hydrogen-bond donors (Lipinski definition) is 1. The normalized spacial score (nSPS) is 14.2. The molecule has 0 spiro atoms. The molecule has 0 saturated carbocycles. The third-order valence-corrected chi connectivity index (χ3v) is 4.49. The molecular weight excluding hydrogens is 242 g/mol. The molecule has 2 atom stereocenters. The van der Waals surface area contributed by atoms with Crippen molar-refractivity contribution in [3.8, 4) is 5.75 Å². The monoisotopic (exact) mass is 267 g/mol. The quantitative estimate of drug-likeness (QED) is 0.772. The second-order valence-electron chi connectivity index (χ2n) is 4.40. The number of rotatable bonds is 8. The maximum atomic E-state index is 5.46. The minimum Gasteiger partial charge on any atom is -0.494 e. The Morgan fingerprint density at radius 1 is 1.22 bits per heavy atom. The van der Waals surface area contributed by atoms with Gasteiger partial charge in [-0.2, -0.15) is 11.8 Å². The summed E-state index contributed by atoms with van der Waals surface area (Å²) in [4.78, 5) is 0. The molecule has 1 rings (SSSR count). The zero-order chi connectivity index (χ0) is 13.4. The highest BCUT2D eigenvalue weighted by molar-refractivity contribution is 7.99. The van der Waals surface area contributed by atoms with E-state index in [1.54, 1.807) is 0 Å². The molecule has 2 unspecified atom stereocenters. The number of ether oxygens (including phenoxy) is 1. The number of benzene rings is 1. The van der Waals surface area contributed by atoms with E-state index >= 15 is 0 Å². The summed E-state index contributed by atoms with van der Waals surface area (Å²) in [6.45, 7) is 7.25. The molecule has 1 aromatic carbocycles. The largest absolute Gasteiger partial charge is 0.494 e. The van der Waals surface area contributed by atoms with Crippen LogP contribution in [0.5, 0.6) is 5.75 Å². The van der Waals surface area contributed by atoms with Crippen LogP contribution in [0.15, 0.2) is 24.3 Å². The van der Waals surface area contributed by atoms with Gasteiger partial charge in [0, 0.05) is 17.0 Å². The highest BCUT2D eigenvalue weighted by Gasteiger charge is 2.11. The lowest BCUT2D eigenvalue weighted by atomic mass is 10.1. The fourth-order valence-corrected chi connectivity index (χ4v) is 2.80. The molecule has 1 N–H and O–H groups in total. The smallest absolute Gasteiger partial charge is 0.119 e. The fraction of sp³-hybridized carbons (Fsp3) is 0.600.